The molecule has 2 amide bonds. The second kappa shape index (κ2) is 5.79. The van der Waals surface area contributed by atoms with E-state index in [0.29, 0.717) is 12.5 Å². The number of hydrogen-bond acceptors (Lipinski definition) is 3. The lowest BCUT2D eigenvalue weighted by Crippen LogP contribution is -2.46. The first-order valence-corrected chi connectivity index (χ1v) is 7.29. The Labute approximate surface area is 119 Å². The highest BCUT2D eigenvalue weighted by molar-refractivity contribution is 5.74. The van der Waals surface area contributed by atoms with Crippen LogP contribution in [-0.4, -0.2) is 29.8 Å². The van der Waals surface area contributed by atoms with Gasteiger partial charge in [-0.2, -0.15) is 0 Å². The van der Waals surface area contributed by atoms with Crippen LogP contribution in [0.15, 0.2) is 18.5 Å². The first-order chi connectivity index (χ1) is 9.72. The van der Waals surface area contributed by atoms with E-state index in [1.807, 2.05) is 13.0 Å². The summed E-state index contributed by atoms with van der Waals surface area (Å²) in [6.07, 6.45) is 7.19. The Morgan fingerprint density at radius 3 is 3.00 bits per heavy atom. The van der Waals surface area contributed by atoms with Gasteiger partial charge in [-0.3, -0.25) is 4.98 Å². The van der Waals surface area contributed by atoms with E-state index in [2.05, 4.69) is 15.6 Å². The number of nitrogens with zero attached hydrogens (tertiary/aromatic N) is 1. The zero-order chi connectivity index (χ0) is 13.9. The van der Waals surface area contributed by atoms with E-state index in [9.17, 15) is 4.79 Å². The molecule has 0 aromatic carbocycles. The molecule has 1 saturated heterocycles. The average molecular weight is 275 g/mol. The smallest absolute Gasteiger partial charge is 0.315 e. The molecular weight excluding hydrogens is 254 g/mol. The maximum absolute atomic E-state index is 11.9. The fourth-order valence-electron chi connectivity index (χ4n) is 2.77. The van der Waals surface area contributed by atoms with Gasteiger partial charge in [0, 0.05) is 25.5 Å². The van der Waals surface area contributed by atoms with Crippen LogP contribution in [-0.2, 0) is 11.3 Å². The molecule has 0 bridgehead atoms. The summed E-state index contributed by atoms with van der Waals surface area (Å²) in [5.41, 5.74) is 2.12. The number of pyridine rings is 1. The standard InChI is InChI=1S/C15H21N3O2/c1-10-6-11(8-16-7-10)9-17-15(19)18-13-4-5-20-14(13)12-2-3-12/h6-8,12-14H,2-5,9H2,1H3,(H2,17,18,19)/t13-,14+/m0/s1. The van der Waals surface area contributed by atoms with E-state index in [1.165, 1.54) is 12.8 Å². The van der Waals surface area contributed by atoms with E-state index in [1.54, 1.807) is 12.4 Å². The first kappa shape index (κ1) is 13.4. The molecule has 5 nitrogen and oxygen atoms in total. The van der Waals surface area contributed by atoms with Crippen LogP contribution < -0.4 is 10.6 Å². The number of carbonyl (C=O) groups excluding carboxylic acids is 1. The van der Waals surface area contributed by atoms with Crippen molar-refractivity contribution in [1.82, 2.24) is 15.6 Å². The molecule has 0 radical (unpaired) electrons. The molecule has 5 heteroatoms. The molecule has 2 fully saturated rings. The minimum Gasteiger partial charge on any atom is -0.376 e. The highest BCUT2D eigenvalue weighted by atomic mass is 16.5. The maximum Gasteiger partial charge on any atom is 0.315 e. The van der Waals surface area contributed by atoms with Crippen LogP contribution in [0.1, 0.15) is 30.4 Å². The summed E-state index contributed by atoms with van der Waals surface area (Å²) in [5.74, 6) is 0.656. The van der Waals surface area contributed by atoms with Crippen molar-refractivity contribution in [1.29, 1.82) is 0 Å². The number of rotatable bonds is 4. The molecule has 2 N–H and O–H groups in total. The summed E-state index contributed by atoms with van der Waals surface area (Å²) in [6.45, 7) is 3.25. The fraction of sp³-hybridized carbons (Fsp3) is 0.600. The van der Waals surface area contributed by atoms with Crippen LogP contribution in [0.4, 0.5) is 4.79 Å². The van der Waals surface area contributed by atoms with Crippen molar-refractivity contribution < 1.29 is 9.53 Å². The molecule has 1 saturated carbocycles. The van der Waals surface area contributed by atoms with E-state index >= 15 is 0 Å². The zero-order valence-corrected chi connectivity index (χ0v) is 11.8. The number of aromatic nitrogens is 1. The third-order valence-corrected chi connectivity index (χ3v) is 3.92. The molecule has 1 aliphatic heterocycles. The van der Waals surface area contributed by atoms with Crippen LogP contribution >= 0.6 is 0 Å². The van der Waals surface area contributed by atoms with Crippen molar-refractivity contribution in [3.05, 3.63) is 29.6 Å². The minimum atomic E-state index is -0.118. The lowest BCUT2D eigenvalue weighted by molar-refractivity contribution is 0.0825. The summed E-state index contributed by atoms with van der Waals surface area (Å²) >= 11 is 0. The Kier molecular flexibility index (Phi) is 3.87. The van der Waals surface area contributed by atoms with Crippen LogP contribution in [0.5, 0.6) is 0 Å². The van der Waals surface area contributed by atoms with Gasteiger partial charge in [0.05, 0.1) is 12.1 Å². The average Bonchev–Trinajstić information content (AvgIpc) is 3.17. The van der Waals surface area contributed by atoms with Crippen molar-refractivity contribution in [2.24, 2.45) is 5.92 Å². The predicted octanol–water partition coefficient (Wildman–Crippen LogP) is 1.76. The second-order valence-electron chi connectivity index (χ2n) is 5.77. The van der Waals surface area contributed by atoms with E-state index in [0.717, 1.165) is 24.2 Å². The van der Waals surface area contributed by atoms with Crippen molar-refractivity contribution in [2.75, 3.05) is 6.61 Å². The van der Waals surface area contributed by atoms with Crippen molar-refractivity contribution in [3.8, 4) is 0 Å². The Morgan fingerprint density at radius 2 is 2.25 bits per heavy atom. The molecule has 2 aliphatic rings. The Morgan fingerprint density at radius 1 is 1.40 bits per heavy atom. The number of nitrogens with one attached hydrogen (secondary N) is 2. The van der Waals surface area contributed by atoms with Gasteiger partial charge < -0.3 is 15.4 Å². The number of carbonyl (C=O) groups is 1. The predicted molar refractivity (Wildman–Crippen MR) is 75.2 cm³/mol. The molecule has 0 unspecified atom stereocenters. The molecule has 2 heterocycles. The van der Waals surface area contributed by atoms with Crippen LogP contribution in [0.3, 0.4) is 0 Å². The Hall–Kier alpha value is -1.62. The van der Waals surface area contributed by atoms with Gasteiger partial charge in [0.15, 0.2) is 0 Å². The third-order valence-electron chi connectivity index (χ3n) is 3.92. The summed E-state index contributed by atoms with van der Waals surface area (Å²) in [7, 11) is 0. The summed E-state index contributed by atoms with van der Waals surface area (Å²) < 4.78 is 5.72. The van der Waals surface area contributed by atoms with E-state index in [4.69, 9.17) is 4.74 Å². The maximum atomic E-state index is 11.9. The quantitative estimate of drug-likeness (QED) is 0.880. The van der Waals surface area contributed by atoms with Crippen LogP contribution in [0.2, 0.25) is 0 Å². The van der Waals surface area contributed by atoms with Gasteiger partial charge in [0.25, 0.3) is 0 Å². The van der Waals surface area contributed by atoms with Gasteiger partial charge in [-0.15, -0.1) is 0 Å². The normalized spacial score (nSPS) is 25.4. The van der Waals surface area contributed by atoms with Gasteiger partial charge in [0.2, 0.25) is 0 Å². The Balaban J connectivity index is 1.47. The van der Waals surface area contributed by atoms with Crippen molar-refractivity contribution in [3.63, 3.8) is 0 Å². The molecule has 3 rings (SSSR count). The number of urea groups is 1. The monoisotopic (exact) mass is 275 g/mol. The Bertz CT molecular complexity index is 488. The number of ether oxygens (including phenoxy) is 1. The highest BCUT2D eigenvalue weighted by Gasteiger charge is 2.41. The topological polar surface area (TPSA) is 63.2 Å². The first-order valence-electron chi connectivity index (χ1n) is 7.29. The minimum absolute atomic E-state index is 0.118. The number of hydrogen-bond donors (Lipinski definition) is 2. The molecule has 108 valence electrons. The second-order valence-corrected chi connectivity index (χ2v) is 5.77. The third kappa shape index (κ3) is 3.28. The summed E-state index contributed by atoms with van der Waals surface area (Å²) in [4.78, 5) is 16.1. The van der Waals surface area contributed by atoms with Gasteiger partial charge in [-0.25, -0.2) is 4.79 Å². The number of aryl methyl sites for hydroxylation is 1. The van der Waals surface area contributed by atoms with Crippen LogP contribution in [0, 0.1) is 12.8 Å². The van der Waals surface area contributed by atoms with Crippen molar-refractivity contribution >= 4 is 6.03 Å². The van der Waals surface area contributed by atoms with Gasteiger partial charge in [-0.1, -0.05) is 6.07 Å². The molecule has 1 aliphatic carbocycles. The van der Waals surface area contributed by atoms with Gasteiger partial charge in [-0.05, 0) is 43.2 Å². The highest BCUT2D eigenvalue weighted by Crippen LogP contribution is 2.38. The molecule has 20 heavy (non-hydrogen) atoms. The molecular formula is C15H21N3O2. The summed E-state index contributed by atoms with van der Waals surface area (Å²) in [5, 5.41) is 5.93. The van der Waals surface area contributed by atoms with E-state index < -0.39 is 0 Å². The summed E-state index contributed by atoms with van der Waals surface area (Å²) in [6, 6.07) is 2.07. The zero-order valence-electron chi connectivity index (χ0n) is 11.8. The molecule has 1 aromatic heterocycles. The fourth-order valence-corrected chi connectivity index (χ4v) is 2.77. The molecule has 1 aromatic rings. The lowest BCUT2D eigenvalue weighted by Gasteiger charge is -2.19. The largest absolute Gasteiger partial charge is 0.376 e. The van der Waals surface area contributed by atoms with E-state index in [-0.39, 0.29) is 18.2 Å². The molecule has 2 atom stereocenters. The van der Waals surface area contributed by atoms with Crippen molar-refractivity contribution in [2.45, 2.75) is 44.9 Å². The molecule has 0 spiro atoms. The van der Waals surface area contributed by atoms with Crippen LogP contribution in [0.25, 0.3) is 0 Å². The van der Waals surface area contributed by atoms with Gasteiger partial charge in [0.1, 0.15) is 0 Å². The van der Waals surface area contributed by atoms with Gasteiger partial charge >= 0.3 is 6.03 Å². The number of amides is 2. The lowest BCUT2D eigenvalue weighted by atomic mass is 10.1. The SMILES string of the molecule is Cc1cncc(CNC(=O)N[C@H]2CCO[C@@H]2C2CC2)c1.